The number of halogens is 1. The van der Waals surface area contributed by atoms with Gasteiger partial charge in [0.15, 0.2) is 0 Å². The van der Waals surface area contributed by atoms with E-state index in [1.807, 2.05) is 18.2 Å². The third-order valence-electron chi connectivity index (χ3n) is 2.51. The first kappa shape index (κ1) is 15.4. The lowest BCUT2D eigenvalue weighted by atomic mass is 10.0. The second-order valence-electron chi connectivity index (χ2n) is 3.95. The molecule has 19 heavy (non-hydrogen) atoms. The molecule has 2 heteroatoms. The molecule has 0 atom stereocenters. The number of aliphatic imine (C=N–C) groups is 1. The van der Waals surface area contributed by atoms with Crippen molar-refractivity contribution in [3.63, 3.8) is 0 Å². The summed E-state index contributed by atoms with van der Waals surface area (Å²) in [6.45, 7) is 11.2. The van der Waals surface area contributed by atoms with E-state index in [2.05, 4.69) is 58.9 Å². The van der Waals surface area contributed by atoms with E-state index in [1.165, 1.54) is 5.57 Å². The van der Waals surface area contributed by atoms with Gasteiger partial charge in [-0.25, -0.2) is 4.99 Å². The quantitative estimate of drug-likeness (QED) is 0.352. The molecule has 1 aliphatic rings. The summed E-state index contributed by atoms with van der Waals surface area (Å²) in [7, 11) is 0. The van der Waals surface area contributed by atoms with Crippen molar-refractivity contribution in [2.75, 3.05) is 0 Å². The molecule has 1 aliphatic carbocycles. The first-order chi connectivity index (χ1) is 9.17. The van der Waals surface area contributed by atoms with Gasteiger partial charge in [0, 0.05) is 0 Å². The zero-order valence-electron chi connectivity index (χ0n) is 11.0. The van der Waals surface area contributed by atoms with E-state index in [-0.39, 0.29) is 0 Å². The Kier molecular flexibility index (Phi) is 6.83. The molecule has 0 aromatic rings. The van der Waals surface area contributed by atoms with Crippen LogP contribution in [0.1, 0.15) is 12.8 Å². The maximum absolute atomic E-state index is 4.36. The Hall–Kier alpha value is -1.67. The molecule has 0 spiro atoms. The molecular formula is C17H18BrN. The fourth-order valence-electron chi connectivity index (χ4n) is 1.65. The fraction of sp³-hybridized carbons (Fsp3) is 0.118. The highest BCUT2D eigenvalue weighted by atomic mass is 79.9. The number of allylic oxidation sites excluding steroid dienone is 10. The van der Waals surface area contributed by atoms with Gasteiger partial charge >= 0.3 is 0 Å². The summed E-state index contributed by atoms with van der Waals surface area (Å²) in [6.07, 6.45) is 18.1. The molecule has 0 fully saturated rings. The van der Waals surface area contributed by atoms with Crippen LogP contribution in [0.5, 0.6) is 0 Å². The summed E-state index contributed by atoms with van der Waals surface area (Å²) in [4.78, 5) is 4.36. The van der Waals surface area contributed by atoms with Crippen LogP contribution >= 0.6 is 15.9 Å². The van der Waals surface area contributed by atoms with Crippen molar-refractivity contribution in [3.05, 3.63) is 84.1 Å². The third-order valence-corrected chi connectivity index (χ3v) is 2.69. The maximum Gasteiger partial charge on any atom is 0.0991 e. The minimum absolute atomic E-state index is 0.581. The standard InChI is InChI=1S/C17H18BrN/c1-4-9-16(5-2)17(19-14(3)18)13-12-15-10-7-6-8-11-15/h4-5,7,9-13H,1-3,6,8H2/b13-12+,16-9+,19-17?. The van der Waals surface area contributed by atoms with Crippen LogP contribution in [0, 0.1) is 0 Å². The molecular weight excluding hydrogens is 298 g/mol. The first-order valence-electron chi connectivity index (χ1n) is 6.10. The third kappa shape index (κ3) is 5.66. The predicted octanol–water partition coefficient (Wildman–Crippen LogP) is 5.42. The lowest BCUT2D eigenvalue weighted by Gasteiger charge is -2.04. The van der Waals surface area contributed by atoms with Crippen molar-refractivity contribution in [3.8, 4) is 0 Å². The van der Waals surface area contributed by atoms with Crippen molar-refractivity contribution in [2.45, 2.75) is 12.8 Å². The molecule has 0 aliphatic heterocycles. The average Bonchev–Trinajstić information content (AvgIpc) is 2.42. The largest absolute Gasteiger partial charge is 0.242 e. The van der Waals surface area contributed by atoms with Crippen molar-refractivity contribution >= 4 is 21.6 Å². The highest BCUT2D eigenvalue weighted by Gasteiger charge is 2.00. The zero-order chi connectivity index (χ0) is 14.1. The molecule has 0 heterocycles. The molecule has 1 nitrogen and oxygen atoms in total. The summed E-state index contributed by atoms with van der Waals surface area (Å²) < 4.78 is 0.581. The lowest BCUT2D eigenvalue weighted by Crippen LogP contribution is -1.97. The van der Waals surface area contributed by atoms with E-state index < -0.39 is 0 Å². The van der Waals surface area contributed by atoms with Crippen LogP contribution in [-0.2, 0) is 0 Å². The maximum atomic E-state index is 4.36. The Balaban J connectivity index is 3.02. The lowest BCUT2D eigenvalue weighted by molar-refractivity contribution is 1.03. The van der Waals surface area contributed by atoms with Crippen molar-refractivity contribution in [1.82, 2.24) is 0 Å². The van der Waals surface area contributed by atoms with E-state index >= 15 is 0 Å². The number of nitrogens with zero attached hydrogens (tertiary/aromatic N) is 1. The number of rotatable bonds is 6. The minimum Gasteiger partial charge on any atom is -0.242 e. The second kappa shape index (κ2) is 8.44. The fourth-order valence-corrected chi connectivity index (χ4v) is 1.84. The Morgan fingerprint density at radius 2 is 2.11 bits per heavy atom. The summed E-state index contributed by atoms with van der Waals surface area (Å²) in [6, 6.07) is 0. The number of hydrogen-bond donors (Lipinski definition) is 0. The van der Waals surface area contributed by atoms with E-state index in [0.717, 1.165) is 24.1 Å². The van der Waals surface area contributed by atoms with E-state index in [4.69, 9.17) is 0 Å². The van der Waals surface area contributed by atoms with Gasteiger partial charge in [0.2, 0.25) is 0 Å². The normalized spacial score (nSPS) is 16.4. The van der Waals surface area contributed by atoms with Gasteiger partial charge in [-0.15, -0.1) is 0 Å². The molecule has 0 unspecified atom stereocenters. The zero-order valence-corrected chi connectivity index (χ0v) is 12.6. The summed E-state index contributed by atoms with van der Waals surface area (Å²) in [5.41, 5.74) is 2.91. The molecule has 0 N–H and O–H groups in total. The van der Waals surface area contributed by atoms with Crippen molar-refractivity contribution < 1.29 is 0 Å². The molecule has 98 valence electrons. The van der Waals surface area contributed by atoms with Gasteiger partial charge in [-0.2, -0.15) is 0 Å². The smallest absolute Gasteiger partial charge is 0.0991 e. The molecule has 0 amide bonds. The van der Waals surface area contributed by atoms with Crippen LogP contribution in [-0.4, -0.2) is 5.71 Å². The molecule has 0 aromatic heterocycles. The van der Waals surface area contributed by atoms with Gasteiger partial charge in [-0.05, 0) is 46.0 Å². The Labute approximate surface area is 124 Å². The van der Waals surface area contributed by atoms with E-state index in [9.17, 15) is 0 Å². The summed E-state index contributed by atoms with van der Waals surface area (Å²) in [5.74, 6) is 0. The monoisotopic (exact) mass is 315 g/mol. The van der Waals surface area contributed by atoms with Gasteiger partial charge in [-0.3, -0.25) is 0 Å². The van der Waals surface area contributed by atoms with Gasteiger partial charge in [0.1, 0.15) is 0 Å². The number of hydrogen-bond acceptors (Lipinski definition) is 1. The first-order valence-corrected chi connectivity index (χ1v) is 6.90. The van der Waals surface area contributed by atoms with Gasteiger partial charge in [-0.1, -0.05) is 62.3 Å². The van der Waals surface area contributed by atoms with Gasteiger partial charge in [0.25, 0.3) is 0 Å². The SMILES string of the molecule is C=C/C=C(\C=C)C(/C=C/C1=CCCC=C1)=NC(=C)Br. The predicted molar refractivity (Wildman–Crippen MR) is 89.6 cm³/mol. The van der Waals surface area contributed by atoms with Gasteiger partial charge < -0.3 is 0 Å². The molecule has 0 radical (unpaired) electrons. The Morgan fingerprint density at radius 1 is 1.32 bits per heavy atom. The van der Waals surface area contributed by atoms with Gasteiger partial charge in [0.05, 0.1) is 10.3 Å². The summed E-state index contributed by atoms with van der Waals surface area (Å²) in [5, 5.41) is 0. The topological polar surface area (TPSA) is 12.4 Å². The molecule has 1 rings (SSSR count). The average molecular weight is 316 g/mol. The van der Waals surface area contributed by atoms with E-state index in [0.29, 0.717) is 4.61 Å². The van der Waals surface area contributed by atoms with Crippen LogP contribution in [0.25, 0.3) is 0 Å². The van der Waals surface area contributed by atoms with Crippen LogP contribution < -0.4 is 0 Å². The van der Waals surface area contributed by atoms with Crippen LogP contribution in [0.2, 0.25) is 0 Å². The Morgan fingerprint density at radius 3 is 2.63 bits per heavy atom. The second-order valence-corrected chi connectivity index (χ2v) is 4.87. The van der Waals surface area contributed by atoms with Crippen molar-refractivity contribution in [1.29, 1.82) is 0 Å². The molecule has 0 saturated heterocycles. The van der Waals surface area contributed by atoms with Crippen molar-refractivity contribution in [2.24, 2.45) is 4.99 Å². The van der Waals surface area contributed by atoms with E-state index in [1.54, 1.807) is 12.2 Å². The minimum atomic E-state index is 0.581. The van der Waals surface area contributed by atoms with Crippen LogP contribution in [0.3, 0.4) is 0 Å². The molecule has 0 bridgehead atoms. The molecule has 0 saturated carbocycles. The summed E-state index contributed by atoms with van der Waals surface area (Å²) >= 11 is 3.26. The highest BCUT2D eigenvalue weighted by molar-refractivity contribution is 9.11. The van der Waals surface area contributed by atoms with Crippen LogP contribution in [0.4, 0.5) is 0 Å². The highest BCUT2D eigenvalue weighted by Crippen LogP contribution is 2.14. The van der Waals surface area contributed by atoms with Crippen LogP contribution in [0.15, 0.2) is 89.1 Å². The Bertz CT molecular complexity index is 513. The molecule has 0 aromatic carbocycles.